The maximum Gasteiger partial charge on any atom is 0.261 e. The van der Waals surface area contributed by atoms with Gasteiger partial charge in [0, 0.05) is 6.20 Å². The maximum atomic E-state index is 12.7. The second-order valence-electron chi connectivity index (χ2n) is 3.30. The first-order valence-corrected chi connectivity index (χ1v) is 6.25. The summed E-state index contributed by atoms with van der Waals surface area (Å²) >= 11 is 0. The van der Waals surface area contributed by atoms with E-state index >= 15 is 0 Å². The van der Waals surface area contributed by atoms with Crippen molar-refractivity contribution in [3.05, 3.63) is 54.6 Å². The second-order valence-corrected chi connectivity index (χ2v) is 4.98. The highest BCUT2D eigenvalue weighted by molar-refractivity contribution is 7.92. The molecule has 1 N–H and O–H groups in total. The molecule has 2 aromatic rings. The van der Waals surface area contributed by atoms with E-state index in [-0.39, 0.29) is 17.3 Å². The fourth-order valence-corrected chi connectivity index (χ4v) is 2.29. The molecule has 0 unspecified atom stereocenters. The zero-order valence-corrected chi connectivity index (χ0v) is 10.7. The molecule has 96 valence electrons. The Hall–Kier alpha value is -1.66. The van der Waals surface area contributed by atoms with Crippen LogP contribution in [0.1, 0.15) is 0 Å². The molecule has 18 heavy (non-hydrogen) atoms. The van der Waals surface area contributed by atoms with Crippen LogP contribution in [0.15, 0.2) is 53.7 Å². The third-order valence-electron chi connectivity index (χ3n) is 2.04. The molecule has 1 aromatic carbocycles. The summed E-state index contributed by atoms with van der Waals surface area (Å²) in [6.45, 7) is 0. The molecular weight excluding hydrogens is 279 g/mol. The highest BCUT2D eigenvalue weighted by Gasteiger charge is 2.13. The first-order valence-electron chi connectivity index (χ1n) is 4.76. The Morgan fingerprint density at radius 1 is 1.11 bits per heavy atom. The first-order chi connectivity index (χ1) is 8.08. The highest BCUT2D eigenvalue weighted by atomic mass is 35.5. The van der Waals surface area contributed by atoms with Crippen molar-refractivity contribution in [2.75, 3.05) is 4.72 Å². The van der Waals surface area contributed by atoms with Gasteiger partial charge < -0.3 is 0 Å². The molecule has 7 heteroatoms. The van der Waals surface area contributed by atoms with Gasteiger partial charge in [-0.3, -0.25) is 9.71 Å². The zero-order valence-electron chi connectivity index (χ0n) is 9.08. The smallest absolute Gasteiger partial charge is 0.261 e. The standard InChI is InChI=1S/C11H9FN2O2S.ClH/c12-9-3-5-11(6-4-9)17(15,16)14-10-2-1-7-13-8-10;/h1-8,14H;1H. The summed E-state index contributed by atoms with van der Waals surface area (Å²) in [4.78, 5) is 3.79. The molecule has 0 fully saturated rings. The summed E-state index contributed by atoms with van der Waals surface area (Å²) < 4.78 is 38.7. The van der Waals surface area contributed by atoms with Gasteiger partial charge in [-0.15, -0.1) is 12.4 Å². The van der Waals surface area contributed by atoms with Crippen LogP contribution in [0.3, 0.4) is 0 Å². The molecule has 4 nitrogen and oxygen atoms in total. The van der Waals surface area contributed by atoms with Crippen molar-refractivity contribution in [3.63, 3.8) is 0 Å². The number of rotatable bonds is 3. The van der Waals surface area contributed by atoms with Gasteiger partial charge >= 0.3 is 0 Å². The van der Waals surface area contributed by atoms with Gasteiger partial charge in [-0.25, -0.2) is 12.8 Å². The minimum Gasteiger partial charge on any atom is -0.278 e. The van der Waals surface area contributed by atoms with E-state index in [1.165, 1.54) is 24.5 Å². The Morgan fingerprint density at radius 3 is 2.33 bits per heavy atom. The monoisotopic (exact) mass is 288 g/mol. The van der Waals surface area contributed by atoms with Gasteiger partial charge in [0.2, 0.25) is 0 Å². The zero-order chi connectivity index (χ0) is 12.3. The average molecular weight is 289 g/mol. The molecule has 0 saturated heterocycles. The summed E-state index contributed by atoms with van der Waals surface area (Å²) in [7, 11) is -3.69. The summed E-state index contributed by atoms with van der Waals surface area (Å²) in [5, 5.41) is 0. The second kappa shape index (κ2) is 5.79. The summed E-state index contributed by atoms with van der Waals surface area (Å²) in [6.07, 6.45) is 2.93. The van der Waals surface area contributed by atoms with Gasteiger partial charge in [-0.1, -0.05) is 0 Å². The predicted molar refractivity (Wildman–Crippen MR) is 68.7 cm³/mol. The lowest BCUT2D eigenvalue weighted by molar-refractivity contribution is 0.599. The third-order valence-corrected chi connectivity index (χ3v) is 3.43. The average Bonchev–Trinajstić information content (AvgIpc) is 2.30. The van der Waals surface area contributed by atoms with E-state index in [2.05, 4.69) is 9.71 Å². The van der Waals surface area contributed by atoms with E-state index in [0.717, 1.165) is 12.1 Å². The number of hydrogen-bond donors (Lipinski definition) is 1. The van der Waals surface area contributed by atoms with E-state index in [1.54, 1.807) is 12.1 Å². The van der Waals surface area contributed by atoms with Gasteiger partial charge in [0.25, 0.3) is 10.0 Å². The molecule has 0 saturated carbocycles. The molecule has 0 radical (unpaired) electrons. The van der Waals surface area contributed by atoms with Crippen LogP contribution < -0.4 is 4.72 Å². The normalized spacial score (nSPS) is 10.5. The van der Waals surface area contributed by atoms with Gasteiger partial charge in [0.1, 0.15) is 5.82 Å². The number of halogens is 2. The van der Waals surface area contributed by atoms with Crippen molar-refractivity contribution in [3.8, 4) is 0 Å². The Labute approximate surface area is 110 Å². The van der Waals surface area contributed by atoms with Crippen molar-refractivity contribution in [1.29, 1.82) is 0 Å². The summed E-state index contributed by atoms with van der Waals surface area (Å²) in [5.41, 5.74) is 0.358. The van der Waals surface area contributed by atoms with Crippen LogP contribution >= 0.6 is 12.4 Å². The molecule has 0 amide bonds. The molecule has 0 bridgehead atoms. The molecule has 0 atom stereocenters. The van der Waals surface area contributed by atoms with E-state index < -0.39 is 15.8 Å². The predicted octanol–water partition coefficient (Wildman–Crippen LogP) is 2.44. The Bertz CT molecular complexity index is 603. The number of benzene rings is 1. The topological polar surface area (TPSA) is 59.1 Å². The first kappa shape index (κ1) is 14.4. The highest BCUT2D eigenvalue weighted by Crippen LogP contribution is 2.14. The molecular formula is C11H10ClFN2O2S. The van der Waals surface area contributed by atoms with E-state index in [4.69, 9.17) is 0 Å². The fraction of sp³-hybridized carbons (Fsp3) is 0. The molecule has 0 aliphatic heterocycles. The van der Waals surface area contributed by atoms with Crippen LogP contribution in [0.4, 0.5) is 10.1 Å². The van der Waals surface area contributed by atoms with Crippen molar-refractivity contribution < 1.29 is 12.8 Å². The number of anilines is 1. The van der Waals surface area contributed by atoms with E-state index in [1.807, 2.05) is 0 Å². The SMILES string of the molecule is Cl.O=S(=O)(Nc1cccnc1)c1ccc(F)cc1. The Balaban J connectivity index is 0.00000162. The van der Waals surface area contributed by atoms with Crippen molar-refractivity contribution in [1.82, 2.24) is 4.98 Å². The Morgan fingerprint density at radius 2 is 1.78 bits per heavy atom. The van der Waals surface area contributed by atoms with Crippen LogP contribution in [-0.2, 0) is 10.0 Å². The van der Waals surface area contributed by atoms with Crippen LogP contribution in [0, 0.1) is 5.82 Å². The van der Waals surface area contributed by atoms with Crippen molar-refractivity contribution >= 4 is 28.1 Å². The fourth-order valence-electron chi connectivity index (χ4n) is 1.25. The number of aromatic nitrogens is 1. The van der Waals surface area contributed by atoms with E-state index in [0.29, 0.717) is 5.69 Å². The van der Waals surface area contributed by atoms with Gasteiger partial charge in [-0.05, 0) is 36.4 Å². The minimum absolute atomic E-state index is 0. The Kier molecular flexibility index (Phi) is 4.63. The summed E-state index contributed by atoms with van der Waals surface area (Å²) in [6, 6.07) is 7.79. The number of nitrogens with one attached hydrogen (secondary N) is 1. The lowest BCUT2D eigenvalue weighted by atomic mass is 10.4. The van der Waals surface area contributed by atoms with Gasteiger partial charge in [-0.2, -0.15) is 0 Å². The number of hydrogen-bond acceptors (Lipinski definition) is 3. The van der Waals surface area contributed by atoms with Gasteiger partial charge in [0.05, 0.1) is 16.8 Å². The molecule has 0 spiro atoms. The van der Waals surface area contributed by atoms with Crippen molar-refractivity contribution in [2.24, 2.45) is 0 Å². The van der Waals surface area contributed by atoms with Gasteiger partial charge in [0.15, 0.2) is 0 Å². The lowest BCUT2D eigenvalue weighted by Crippen LogP contribution is -2.12. The maximum absolute atomic E-state index is 12.7. The van der Waals surface area contributed by atoms with Crippen molar-refractivity contribution in [2.45, 2.75) is 4.90 Å². The number of sulfonamides is 1. The van der Waals surface area contributed by atoms with Crippen LogP contribution in [0.25, 0.3) is 0 Å². The molecule has 2 rings (SSSR count). The summed E-state index contributed by atoms with van der Waals surface area (Å²) in [5.74, 6) is -0.481. The largest absolute Gasteiger partial charge is 0.278 e. The molecule has 0 aliphatic rings. The molecule has 1 aromatic heterocycles. The van der Waals surface area contributed by atoms with Crippen LogP contribution in [-0.4, -0.2) is 13.4 Å². The number of pyridine rings is 1. The number of nitrogens with zero attached hydrogens (tertiary/aromatic N) is 1. The van der Waals surface area contributed by atoms with Crippen LogP contribution in [0.5, 0.6) is 0 Å². The quantitative estimate of drug-likeness (QED) is 0.944. The van der Waals surface area contributed by atoms with E-state index in [9.17, 15) is 12.8 Å². The molecule has 1 heterocycles. The molecule has 0 aliphatic carbocycles. The minimum atomic E-state index is -3.69. The van der Waals surface area contributed by atoms with Crippen LogP contribution in [0.2, 0.25) is 0 Å². The lowest BCUT2D eigenvalue weighted by Gasteiger charge is -2.07. The third kappa shape index (κ3) is 3.41.